The van der Waals surface area contributed by atoms with Crippen molar-refractivity contribution in [2.75, 3.05) is 11.3 Å². The monoisotopic (exact) mass is 411 g/mol. The lowest BCUT2D eigenvalue weighted by Crippen LogP contribution is -2.23. The lowest BCUT2D eigenvalue weighted by Gasteiger charge is -2.09. The Balaban J connectivity index is 1.63. The molecule has 0 aliphatic rings. The number of aromatic nitrogens is 1. The molecule has 0 spiro atoms. The van der Waals surface area contributed by atoms with Crippen LogP contribution in [0.15, 0.2) is 77.8 Å². The van der Waals surface area contributed by atoms with Gasteiger partial charge in [-0.15, -0.1) is 0 Å². The summed E-state index contributed by atoms with van der Waals surface area (Å²) in [6.45, 7) is 2.59. The van der Waals surface area contributed by atoms with E-state index in [2.05, 4.69) is 15.0 Å². The van der Waals surface area contributed by atoms with Gasteiger partial charge in [0, 0.05) is 24.5 Å². The molecule has 0 bridgehead atoms. The molecule has 0 saturated carbocycles. The number of sulfonamides is 1. The third-order valence-electron chi connectivity index (χ3n) is 3.92. The topological polar surface area (TPSA) is 97.4 Å². The van der Waals surface area contributed by atoms with Crippen LogP contribution in [0, 0.1) is 0 Å². The highest BCUT2D eigenvalue weighted by Gasteiger charge is 2.13. The van der Waals surface area contributed by atoms with E-state index in [1.54, 1.807) is 54.6 Å². The number of hydrogen-bond donors (Lipinski definition) is 2. The predicted molar refractivity (Wildman–Crippen MR) is 111 cm³/mol. The molecule has 3 aromatic rings. The van der Waals surface area contributed by atoms with Gasteiger partial charge in [-0.25, -0.2) is 13.4 Å². The summed E-state index contributed by atoms with van der Waals surface area (Å²) in [5.74, 6) is 0.638. The van der Waals surface area contributed by atoms with E-state index in [-0.39, 0.29) is 10.8 Å². The van der Waals surface area contributed by atoms with Crippen molar-refractivity contribution in [3.63, 3.8) is 0 Å². The first-order chi connectivity index (χ1) is 14.0. The average Bonchev–Trinajstić information content (AvgIpc) is 2.74. The van der Waals surface area contributed by atoms with Gasteiger partial charge in [0.25, 0.3) is 15.9 Å². The fraction of sp³-hybridized carbons (Fsp3) is 0.143. The number of hydrogen-bond acceptors (Lipinski definition) is 5. The molecule has 0 radical (unpaired) electrons. The second-order valence-electron chi connectivity index (χ2n) is 6.19. The number of carbonyl (C=O) groups excluding carboxylic acids is 1. The second-order valence-corrected chi connectivity index (χ2v) is 7.87. The molecule has 2 aromatic carbocycles. The van der Waals surface area contributed by atoms with Crippen molar-refractivity contribution >= 4 is 21.6 Å². The first-order valence-corrected chi connectivity index (χ1v) is 10.6. The Labute approximate surface area is 169 Å². The predicted octanol–water partition coefficient (Wildman–Crippen LogP) is 3.81. The molecule has 1 heterocycles. The zero-order valence-corrected chi connectivity index (χ0v) is 16.6. The summed E-state index contributed by atoms with van der Waals surface area (Å²) in [4.78, 5) is 16.2. The smallest absolute Gasteiger partial charge is 0.261 e. The summed E-state index contributed by atoms with van der Waals surface area (Å²) in [6.07, 6.45) is 2.31. The Morgan fingerprint density at radius 2 is 1.72 bits per heavy atom. The van der Waals surface area contributed by atoms with Crippen molar-refractivity contribution in [2.24, 2.45) is 0 Å². The molecule has 0 saturated heterocycles. The highest BCUT2D eigenvalue weighted by molar-refractivity contribution is 7.92. The van der Waals surface area contributed by atoms with Crippen molar-refractivity contribution in [1.29, 1.82) is 0 Å². The molecule has 0 aliphatic heterocycles. The van der Waals surface area contributed by atoms with Crippen LogP contribution in [0.3, 0.4) is 0 Å². The lowest BCUT2D eigenvalue weighted by atomic mass is 10.2. The second kappa shape index (κ2) is 9.20. The number of pyridine rings is 1. The number of rotatable bonds is 8. The molecule has 8 heteroatoms. The van der Waals surface area contributed by atoms with Gasteiger partial charge in [0.2, 0.25) is 5.88 Å². The van der Waals surface area contributed by atoms with E-state index in [0.717, 1.165) is 6.42 Å². The zero-order chi connectivity index (χ0) is 20.7. The van der Waals surface area contributed by atoms with Crippen LogP contribution in [0.2, 0.25) is 0 Å². The van der Waals surface area contributed by atoms with E-state index in [4.69, 9.17) is 4.74 Å². The summed E-state index contributed by atoms with van der Waals surface area (Å²) in [7, 11) is -3.65. The van der Waals surface area contributed by atoms with E-state index in [1.807, 2.05) is 6.92 Å². The van der Waals surface area contributed by atoms with Gasteiger partial charge >= 0.3 is 0 Å². The summed E-state index contributed by atoms with van der Waals surface area (Å²) in [5.41, 5.74) is 0.869. The van der Waals surface area contributed by atoms with Crippen LogP contribution < -0.4 is 14.8 Å². The third-order valence-corrected chi connectivity index (χ3v) is 5.31. The molecule has 7 nitrogen and oxygen atoms in total. The Bertz CT molecular complexity index is 1050. The van der Waals surface area contributed by atoms with Crippen LogP contribution in [0.1, 0.15) is 23.7 Å². The Morgan fingerprint density at radius 1 is 1.00 bits per heavy atom. The van der Waals surface area contributed by atoms with Crippen LogP contribution in [0.5, 0.6) is 11.6 Å². The van der Waals surface area contributed by atoms with Gasteiger partial charge in [-0.3, -0.25) is 9.52 Å². The summed E-state index contributed by atoms with van der Waals surface area (Å²) in [5, 5.41) is 2.78. The molecule has 0 fully saturated rings. The van der Waals surface area contributed by atoms with Crippen molar-refractivity contribution in [3.05, 3.63) is 78.5 Å². The largest absolute Gasteiger partial charge is 0.439 e. The highest BCUT2D eigenvalue weighted by atomic mass is 32.2. The first kappa shape index (κ1) is 20.3. The molecular formula is C21H21N3O4S. The summed E-state index contributed by atoms with van der Waals surface area (Å²) in [6, 6.07) is 17.8. The van der Waals surface area contributed by atoms with E-state index in [0.29, 0.717) is 29.4 Å². The van der Waals surface area contributed by atoms with E-state index < -0.39 is 10.0 Å². The first-order valence-electron chi connectivity index (χ1n) is 9.08. The maximum absolute atomic E-state index is 12.3. The maximum atomic E-state index is 12.3. The molecule has 3 rings (SSSR count). The number of nitrogens with zero attached hydrogens (tertiary/aromatic N) is 1. The van der Waals surface area contributed by atoms with Gasteiger partial charge in [0.15, 0.2) is 0 Å². The van der Waals surface area contributed by atoms with Crippen molar-refractivity contribution in [3.8, 4) is 11.6 Å². The molecule has 0 unspecified atom stereocenters. The highest BCUT2D eigenvalue weighted by Crippen LogP contribution is 2.23. The Morgan fingerprint density at radius 3 is 2.34 bits per heavy atom. The fourth-order valence-corrected chi connectivity index (χ4v) is 3.52. The van der Waals surface area contributed by atoms with Crippen molar-refractivity contribution in [1.82, 2.24) is 10.3 Å². The maximum Gasteiger partial charge on any atom is 0.261 e. The van der Waals surface area contributed by atoms with Crippen molar-refractivity contribution in [2.45, 2.75) is 18.2 Å². The molecule has 1 amide bonds. The van der Waals surface area contributed by atoms with Crippen LogP contribution in [-0.4, -0.2) is 25.9 Å². The van der Waals surface area contributed by atoms with E-state index in [1.165, 1.54) is 18.3 Å². The van der Waals surface area contributed by atoms with Crippen LogP contribution in [-0.2, 0) is 10.0 Å². The number of ether oxygens (including phenoxy) is 1. The molecule has 1 aromatic heterocycles. The minimum atomic E-state index is -3.65. The lowest BCUT2D eigenvalue weighted by molar-refractivity contribution is 0.0953. The number of benzene rings is 2. The molecule has 0 atom stereocenters. The number of anilines is 1. The van der Waals surface area contributed by atoms with Gasteiger partial charge in [-0.2, -0.15) is 0 Å². The van der Waals surface area contributed by atoms with Gasteiger partial charge in [-0.05, 0) is 48.9 Å². The zero-order valence-electron chi connectivity index (χ0n) is 15.8. The van der Waals surface area contributed by atoms with Crippen LogP contribution >= 0.6 is 0 Å². The van der Waals surface area contributed by atoms with E-state index in [9.17, 15) is 13.2 Å². The average molecular weight is 411 g/mol. The standard InChI is InChI=1S/C21H21N3O4S/c1-2-14-22-21(25)16-8-13-20(23-15-16)28-18-11-9-17(10-12-18)24-29(26,27)19-6-4-3-5-7-19/h3-13,15,24H,2,14H2,1H3,(H,22,25). The van der Waals surface area contributed by atoms with Gasteiger partial charge in [0.1, 0.15) is 5.75 Å². The SMILES string of the molecule is CCCNC(=O)c1ccc(Oc2ccc(NS(=O)(=O)c3ccccc3)cc2)nc1. The van der Waals surface area contributed by atoms with Crippen molar-refractivity contribution < 1.29 is 17.9 Å². The Kier molecular flexibility index (Phi) is 6.46. The summed E-state index contributed by atoms with van der Waals surface area (Å²) >= 11 is 0. The number of amides is 1. The van der Waals surface area contributed by atoms with Crippen LogP contribution in [0.4, 0.5) is 5.69 Å². The van der Waals surface area contributed by atoms with Crippen LogP contribution in [0.25, 0.3) is 0 Å². The number of carbonyl (C=O) groups is 1. The third kappa shape index (κ3) is 5.55. The molecule has 2 N–H and O–H groups in total. The minimum absolute atomic E-state index is 0.180. The van der Waals surface area contributed by atoms with Gasteiger partial charge in [-0.1, -0.05) is 25.1 Å². The quantitative estimate of drug-likeness (QED) is 0.587. The Hall–Kier alpha value is -3.39. The molecule has 150 valence electrons. The fourth-order valence-electron chi connectivity index (χ4n) is 2.44. The normalized spacial score (nSPS) is 10.9. The van der Waals surface area contributed by atoms with Gasteiger partial charge in [0.05, 0.1) is 10.5 Å². The minimum Gasteiger partial charge on any atom is -0.439 e. The van der Waals surface area contributed by atoms with Gasteiger partial charge < -0.3 is 10.1 Å². The molecular weight excluding hydrogens is 390 g/mol. The summed E-state index contributed by atoms with van der Waals surface area (Å²) < 4.78 is 32.9. The molecule has 29 heavy (non-hydrogen) atoms. The van der Waals surface area contributed by atoms with E-state index >= 15 is 0 Å². The molecule has 0 aliphatic carbocycles. The number of nitrogens with one attached hydrogen (secondary N) is 2.